The van der Waals surface area contributed by atoms with E-state index in [9.17, 15) is 9.90 Å². The van der Waals surface area contributed by atoms with Gasteiger partial charge in [-0.2, -0.15) is 0 Å². The van der Waals surface area contributed by atoms with Crippen molar-refractivity contribution >= 4 is 5.97 Å². The molecule has 0 aliphatic heterocycles. The van der Waals surface area contributed by atoms with Gasteiger partial charge in [-0.15, -0.1) is 0 Å². The Bertz CT molecular complexity index is 452. The molecule has 0 radical (unpaired) electrons. The number of rotatable bonds is 4. The molecule has 0 saturated carbocycles. The number of carbonyl (C=O) groups is 1. The molecule has 1 N–H and O–H groups in total. The Balaban J connectivity index is 3.28. The van der Waals surface area contributed by atoms with Gasteiger partial charge in [-0.25, -0.2) is 4.79 Å². The van der Waals surface area contributed by atoms with Crippen molar-refractivity contribution < 1.29 is 19.4 Å². The Hall–Kier alpha value is -1.71. The number of aliphatic hydroxyl groups is 1. The molecule has 18 heavy (non-hydrogen) atoms. The molecular formula is C14H20O4. The van der Waals surface area contributed by atoms with E-state index in [1.54, 1.807) is 20.8 Å². The monoisotopic (exact) mass is 252 g/mol. The van der Waals surface area contributed by atoms with Gasteiger partial charge in [-0.3, -0.25) is 0 Å². The van der Waals surface area contributed by atoms with Crippen molar-refractivity contribution in [2.75, 3.05) is 13.2 Å². The van der Waals surface area contributed by atoms with Gasteiger partial charge in [0.1, 0.15) is 0 Å². The maximum Gasteiger partial charge on any atom is 0.338 e. The number of hydrogen-bond donors (Lipinski definition) is 1. The van der Waals surface area contributed by atoms with E-state index in [-0.39, 0.29) is 11.9 Å². The Morgan fingerprint density at radius 2 is 1.56 bits per heavy atom. The van der Waals surface area contributed by atoms with Gasteiger partial charge in [0.15, 0.2) is 0 Å². The van der Waals surface area contributed by atoms with Gasteiger partial charge >= 0.3 is 5.97 Å². The minimum atomic E-state index is -0.355. The molecule has 0 amide bonds. The molecule has 1 rings (SSSR count). The number of hydrogen-bond acceptors (Lipinski definition) is 4. The fourth-order valence-electron chi connectivity index (χ4n) is 2.10. The summed E-state index contributed by atoms with van der Waals surface area (Å²) in [6.07, 6.45) is 0. The fourth-order valence-corrected chi connectivity index (χ4v) is 2.10. The zero-order chi connectivity index (χ0) is 13.9. The van der Waals surface area contributed by atoms with Crippen LogP contribution in [-0.2, 0) is 14.3 Å². The predicted molar refractivity (Wildman–Crippen MR) is 69.0 cm³/mol. The highest BCUT2D eigenvalue weighted by molar-refractivity contribution is 5.98. The molecule has 0 spiro atoms. The van der Waals surface area contributed by atoms with E-state index in [0.29, 0.717) is 29.9 Å². The molecule has 1 aliphatic rings. The molecule has 100 valence electrons. The van der Waals surface area contributed by atoms with Gasteiger partial charge in [-0.05, 0) is 51.3 Å². The predicted octanol–water partition coefficient (Wildman–Crippen LogP) is 3.02. The molecule has 0 atom stereocenters. The lowest BCUT2D eigenvalue weighted by Gasteiger charge is -2.08. The fraction of sp³-hybridized carbons (Fsp3) is 0.500. The van der Waals surface area contributed by atoms with Crippen LogP contribution in [0, 0.1) is 0 Å². The van der Waals surface area contributed by atoms with Crippen LogP contribution < -0.4 is 0 Å². The highest BCUT2D eigenvalue weighted by atomic mass is 16.6. The maximum atomic E-state index is 11.9. The molecule has 0 aromatic rings. The first-order valence-electron chi connectivity index (χ1n) is 6.08. The summed E-state index contributed by atoms with van der Waals surface area (Å²) >= 11 is 0. The van der Waals surface area contributed by atoms with Gasteiger partial charge in [0.2, 0.25) is 0 Å². The number of ether oxygens (including phenoxy) is 2. The van der Waals surface area contributed by atoms with Crippen LogP contribution >= 0.6 is 0 Å². The Morgan fingerprint density at radius 1 is 1.00 bits per heavy atom. The third kappa shape index (κ3) is 2.42. The lowest BCUT2D eigenvalue weighted by Crippen LogP contribution is -2.08. The van der Waals surface area contributed by atoms with Gasteiger partial charge in [0.05, 0.1) is 24.4 Å². The van der Waals surface area contributed by atoms with Crippen molar-refractivity contribution in [3.8, 4) is 0 Å². The van der Waals surface area contributed by atoms with Crippen molar-refractivity contribution in [3.05, 3.63) is 33.8 Å². The first kappa shape index (κ1) is 14.4. The minimum Gasteiger partial charge on any atom is -0.481 e. The van der Waals surface area contributed by atoms with Crippen LogP contribution in [0.2, 0.25) is 0 Å². The normalized spacial score (nSPS) is 18.3. The molecule has 0 fully saturated rings. The van der Waals surface area contributed by atoms with Gasteiger partial charge in [-0.1, -0.05) is 0 Å². The highest BCUT2D eigenvalue weighted by Gasteiger charge is 2.30. The van der Waals surface area contributed by atoms with Crippen LogP contribution in [0.5, 0.6) is 0 Å². The van der Waals surface area contributed by atoms with E-state index in [1.807, 2.05) is 13.8 Å². The number of esters is 1. The minimum absolute atomic E-state index is 0.133. The molecule has 0 unspecified atom stereocenters. The second kappa shape index (κ2) is 5.76. The molecule has 0 bridgehead atoms. The first-order chi connectivity index (χ1) is 8.45. The van der Waals surface area contributed by atoms with Gasteiger partial charge in [0.25, 0.3) is 5.95 Å². The molecule has 0 aromatic carbocycles. The second-order valence-electron chi connectivity index (χ2n) is 4.08. The summed E-state index contributed by atoms with van der Waals surface area (Å²) in [5.41, 5.74) is 3.50. The van der Waals surface area contributed by atoms with E-state index in [4.69, 9.17) is 9.47 Å². The summed E-state index contributed by atoms with van der Waals surface area (Å²) < 4.78 is 10.1. The van der Waals surface area contributed by atoms with Crippen molar-refractivity contribution in [1.29, 1.82) is 0 Å². The summed E-state index contributed by atoms with van der Waals surface area (Å²) in [5.74, 6) is -0.489. The SMILES string of the molecule is CCOC(=O)C1=C(C)/C(=C(\O)OCC)C(C)=C1C. The quantitative estimate of drug-likeness (QED) is 0.617. The summed E-state index contributed by atoms with van der Waals surface area (Å²) in [5, 5.41) is 9.87. The highest BCUT2D eigenvalue weighted by Crippen LogP contribution is 2.38. The van der Waals surface area contributed by atoms with E-state index < -0.39 is 0 Å². The molecule has 0 aromatic heterocycles. The molecule has 1 aliphatic carbocycles. The Kier molecular flexibility index (Phi) is 4.59. The first-order valence-corrected chi connectivity index (χ1v) is 6.08. The second-order valence-corrected chi connectivity index (χ2v) is 4.08. The number of allylic oxidation sites excluding steroid dienone is 3. The summed E-state index contributed by atoms with van der Waals surface area (Å²) in [6, 6.07) is 0. The standard InChI is InChI=1S/C14H20O4/c1-6-17-13(15)11-8(3)9(4)12(10(11)5)14(16)18-7-2/h15H,6-7H2,1-5H3/b13-11+. The average Bonchev–Trinajstić information content (AvgIpc) is 2.51. The summed E-state index contributed by atoms with van der Waals surface area (Å²) in [6.45, 7) is 9.76. The van der Waals surface area contributed by atoms with Crippen LogP contribution in [0.25, 0.3) is 0 Å². The topological polar surface area (TPSA) is 55.8 Å². The zero-order valence-electron chi connectivity index (χ0n) is 11.6. The lowest BCUT2D eigenvalue weighted by molar-refractivity contribution is -0.138. The lowest BCUT2D eigenvalue weighted by atomic mass is 10.1. The van der Waals surface area contributed by atoms with Crippen molar-refractivity contribution in [2.24, 2.45) is 0 Å². The van der Waals surface area contributed by atoms with Gasteiger partial charge < -0.3 is 14.6 Å². The van der Waals surface area contributed by atoms with Crippen molar-refractivity contribution in [2.45, 2.75) is 34.6 Å². The molecule has 4 nitrogen and oxygen atoms in total. The van der Waals surface area contributed by atoms with Crippen LogP contribution in [0.3, 0.4) is 0 Å². The summed E-state index contributed by atoms with van der Waals surface area (Å²) in [7, 11) is 0. The number of carbonyl (C=O) groups excluding carboxylic acids is 1. The van der Waals surface area contributed by atoms with Crippen LogP contribution in [0.4, 0.5) is 0 Å². The smallest absolute Gasteiger partial charge is 0.338 e. The molecule has 0 heterocycles. The van der Waals surface area contributed by atoms with Crippen LogP contribution in [0.15, 0.2) is 33.8 Å². The van der Waals surface area contributed by atoms with E-state index in [0.717, 1.165) is 11.1 Å². The number of aliphatic hydroxyl groups excluding tert-OH is 1. The zero-order valence-corrected chi connectivity index (χ0v) is 11.6. The molecule has 4 heteroatoms. The van der Waals surface area contributed by atoms with Gasteiger partial charge in [0, 0.05) is 0 Å². The molecule has 0 saturated heterocycles. The largest absolute Gasteiger partial charge is 0.481 e. The van der Waals surface area contributed by atoms with E-state index >= 15 is 0 Å². The average molecular weight is 252 g/mol. The Labute approximate surface area is 108 Å². The third-order valence-electron chi connectivity index (χ3n) is 3.04. The van der Waals surface area contributed by atoms with E-state index in [2.05, 4.69) is 0 Å². The van der Waals surface area contributed by atoms with Crippen LogP contribution in [0.1, 0.15) is 34.6 Å². The van der Waals surface area contributed by atoms with Crippen LogP contribution in [-0.4, -0.2) is 24.3 Å². The summed E-state index contributed by atoms with van der Waals surface area (Å²) in [4.78, 5) is 11.9. The van der Waals surface area contributed by atoms with Crippen molar-refractivity contribution in [3.63, 3.8) is 0 Å². The van der Waals surface area contributed by atoms with E-state index in [1.165, 1.54) is 0 Å². The Morgan fingerprint density at radius 3 is 2.06 bits per heavy atom. The third-order valence-corrected chi connectivity index (χ3v) is 3.04. The molecular weight excluding hydrogens is 232 g/mol. The maximum absolute atomic E-state index is 11.9. The van der Waals surface area contributed by atoms with Crippen molar-refractivity contribution in [1.82, 2.24) is 0 Å².